The minimum absolute atomic E-state index is 0.0268. The number of hydrogen-bond acceptors (Lipinski definition) is 3. The first kappa shape index (κ1) is 16.8. The number of aliphatic hydroxyl groups is 1. The van der Waals surface area contributed by atoms with Crippen LogP contribution < -0.4 is 0 Å². The molecule has 0 aromatic rings. The van der Waals surface area contributed by atoms with Crippen molar-refractivity contribution < 1.29 is 19.8 Å². The molecule has 0 aliphatic carbocycles. The van der Waals surface area contributed by atoms with E-state index < -0.39 is 17.5 Å². The van der Waals surface area contributed by atoms with Gasteiger partial charge in [-0.15, -0.1) is 6.58 Å². The smallest absolute Gasteiger partial charge is 0.314 e. The van der Waals surface area contributed by atoms with E-state index >= 15 is 0 Å². The quantitative estimate of drug-likeness (QED) is 0.465. The van der Waals surface area contributed by atoms with Crippen LogP contribution in [0.1, 0.15) is 52.4 Å². The minimum Gasteiger partial charge on any atom is -0.481 e. The van der Waals surface area contributed by atoms with Gasteiger partial charge in [-0.1, -0.05) is 32.8 Å². The summed E-state index contributed by atoms with van der Waals surface area (Å²) >= 11 is 0. The molecular weight excluding hydrogens is 232 g/mol. The zero-order valence-corrected chi connectivity index (χ0v) is 11.3. The van der Waals surface area contributed by atoms with Gasteiger partial charge in [0.1, 0.15) is 11.7 Å². The van der Waals surface area contributed by atoms with Crippen molar-refractivity contribution in [2.75, 3.05) is 0 Å². The summed E-state index contributed by atoms with van der Waals surface area (Å²) in [5, 5.41) is 19.5. The number of carbonyl (C=O) groups is 2. The fourth-order valence-electron chi connectivity index (χ4n) is 2.03. The zero-order chi connectivity index (χ0) is 14.2. The van der Waals surface area contributed by atoms with Crippen molar-refractivity contribution in [2.24, 2.45) is 5.92 Å². The number of hydrogen-bond donors (Lipinski definition) is 2. The van der Waals surface area contributed by atoms with Gasteiger partial charge < -0.3 is 10.2 Å². The van der Waals surface area contributed by atoms with Crippen molar-refractivity contribution in [3.05, 3.63) is 12.7 Å². The van der Waals surface area contributed by atoms with E-state index in [9.17, 15) is 14.7 Å². The normalized spacial score (nSPS) is 15.7. The van der Waals surface area contributed by atoms with Gasteiger partial charge in [-0.05, 0) is 19.3 Å². The second-order valence-electron chi connectivity index (χ2n) is 4.74. The minimum atomic E-state index is -1.15. The van der Waals surface area contributed by atoms with Gasteiger partial charge in [0, 0.05) is 6.42 Å². The Kier molecular flexibility index (Phi) is 7.51. The molecule has 0 aliphatic rings. The monoisotopic (exact) mass is 256 g/mol. The molecule has 0 aromatic carbocycles. The fraction of sp³-hybridized carbons (Fsp3) is 0.714. The Labute approximate surface area is 109 Å². The summed E-state index contributed by atoms with van der Waals surface area (Å²) in [4.78, 5) is 22.7. The molecule has 2 N–H and O–H groups in total. The van der Waals surface area contributed by atoms with E-state index in [0.717, 1.165) is 12.8 Å². The Hall–Kier alpha value is -1.16. The van der Waals surface area contributed by atoms with Crippen LogP contribution in [-0.2, 0) is 9.59 Å². The van der Waals surface area contributed by atoms with Crippen LogP contribution in [0.5, 0.6) is 0 Å². The van der Waals surface area contributed by atoms with Gasteiger partial charge in [0.25, 0.3) is 0 Å². The molecule has 1 unspecified atom stereocenters. The van der Waals surface area contributed by atoms with Crippen LogP contribution in [0.3, 0.4) is 0 Å². The summed E-state index contributed by atoms with van der Waals surface area (Å²) in [6.07, 6.45) is 4.25. The first-order valence-electron chi connectivity index (χ1n) is 6.49. The summed E-state index contributed by atoms with van der Waals surface area (Å²) in [5.41, 5.74) is -1.13. The molecule has 0 heterocycles. The van der Waals surface area contributed by atoms with Crippen LogP contribution in [0.15, 0.2) is 12.7 Å². The third kappa shape index (κ3) is 5.45. The first-order valence-corrected chi connectivity index (χ1v) is 6.49. The number of unbranched alkanes of at least 4 members (excludes halogenated alkanes) is 1. The number of rotatable bonds is 10. The van der Waals surface area contributed by atoms with E-state index in [1.165, 1.54) is 0 Å². The molecule has 0 rings (SSSR count). The maximum Gasteiger partial charge on any atom is 0.314 e. The standard InChI is InChI=1S/C14H24O4/c1-4-7-9-14(18,8-5-2)10-11(13(16)17)12(15)6-3/h5,11,18H,2,4,6-10H2,1,3H3,(H,16,17)/t11?,14-/m0/s1. The van der Waals surface area contributed by atoms with Gasteiger partial charge in [0.15, 0.2) is 0 Å². The third-order valence-corrected chi connectivity index (χ3v) is 3.14. The second kappa shape index (κ2) is 8.03. The van der Waals surface area contributed by atoms with Crippen molar-refractivity contribution in [1.82, 2.24) is 0 Å². The highest BCUT2D eigenvalue weighted by molar-refractivity contribution is 5.98. The zero-order valence-electron chi connectivity index (χ0n) is 11.3. The largest absolute Gasteiger partial charge is 0.481 e. The molecule has 0 bridgehead atoms. The Morgan fingerprint density at radius 1 is 1.39 bits per heavy atom. The number of aliphatic carboxylic acids is 1. The van der Waals surface area contributed by atoms with E-state index in [1.54, 1.807) is 13.0 Å². The molecule has 0 saturated carbocycles. The van der Waals surface area contributed by atoms with Gasteiger partial charge in [-0.2, -0.15) is 0 Å². The molecule has 2 atom stereocenters. The second-order valence-corrected chi connectivity index (χ2v) is 4.74. The van der Waals surface area contributed by atoms with E-state index in [4.69, 9.17) is 5.11 Å². The van der Waals surface area contributed by atoms with Crippen molar-refractivity contribution in [1.29, 1.82) is 0 Å². The number of Topliss-reactive ketones (excluding diaryl/α,β-unsaturated/α-hetero) is 1. The van der Waals surface area contributed by atoms with E-state index in [-0.39, 0.29) is 18.6 Å². The topological polar surface area (TPSA) is 74.6 Å². The molecule has 0 aromatic heterocycles. The summed E-state index contributed by atoms with van der Waals surface area (Å²) < 4.78 is 0. The van der Waals surface area contributed by atoms with Crippen LogP contribution in [0.2, 0.25) is 0 Å². The van der Waals surface area contributed by atoms with E-state index in [1.807, 2.05) is 6.92 Å². The van der Waals surface area contributed by atoms with Gasteiger partial charge in [-0.25, -0.2) is 0 Å². The number of carboxylic acid groups (broad SMARTS) is 1. The predicted molar refractivity (Wildman–Crippen MR) is 70.3 cm³/mol. The first-order chi connectivity index (χ1) is 8.40. The number of carboxylic acids is 1. The molecule has 0 amide bonds. The highest BCUT2D eigenvalue weighted by Gasteiger charge is 2.35. The lowest BCUT2D eigenvalue weighted by Gasteiger charge is -2.29. The van der Waals surface area contributed by atoms with Crippen LogP contribution in [0, 0.1) is 5.92 Å². The van der Waals surface area contributed by atoms with Gasteiger partial charge in [0.2, 0.25) is 0 Å². The van der Waals surface area contributed by atoms with Gasteiger partial charge in [0.05, 0.1) is 5.60 Å². The van der Waals surface area contributed by atoms with Crippen LogP contribution in [-0.4, -0.2) is 27.6 Å². The molecule has 0 saturated heterocycles. The van der Waals surface area contributed by atoms with E-state index in [2.05, 4.69) is 6.58 Å². The van der Waals surface area contributed by atoms with Crippen LogP contribution in [0.4, 0.5) is 0 Å². The van der Waals surface area contributed by atoms with Crippen molar-refractivity contribution in [3.8, 4) is 0 Å². The molecule has 0 spiro atoms. The summed E-state index contributed by atoms with van der Waals surface area (Å²) in [7, 11) is 0. The van der Waals surface area contributed by atoms with Gasteiger partial charge in [-0.3, -0.25) is 9.59 Å². The Balaban J connectivity index is 4.84. The molecule has 4 heteroatoms. The molecule has 0 radical (unpaired) electrons. The summed E-state index contributed by atoms with van der Waals surface area (Å²) in [5.74, 6) is -2.60. The predicted octanol–water partition coefficient (Wildman–Crippen LogP) is 2.55. The third-order valence-electron chi connectivity index (χ3n) is 3.14. The molecule has 0 aliphatic heterocycles. The number of carbonyl (C=O) groups excluding carboxylic acids is 1. The van der Waals surface area contributed by atoms with Crippen LogP contribution >= 0.6 is 0 Å². The molecule has 104 valence electrons. The van der Waals surface area contributed by atoms with Gasteiger partial charge >= 0.3 is 5.97 Å². The maximum absolute atomic E-state index is 11.6. The Morgan fingerprint density at radius 3 is 2.39 bits per heavy atom. The highest BCUT2D eigenvalue weighted by atomic mass is 16.4. The van der Waals surface area contributed by atoms with Crippen molar-refractivity contribution in [2.45, 2.75) is 58.0 Å². The fourth-order valence-corrected chi connectivity index (χ4v) is 2.03. The average molecular weight is 256 g/mol. The average Bonchev–Trinajstić information content (AvgIpc) is 2.33. The summed E-state index contributed by atoms with van der Waals surface area (Å²) in [6.45, 7) is 7.21. The Morgan fingerprint density at radius 2 is 2.00 bits per heavy atom. The maximum atomic E-state index is 11.6. The lowest BCUT2D eigenvalue weighted by Crippen LogP contribution is -2.36. The molecule has 18 heavy (non-hydrogen) atoms. The van der Waals surface area contributed by atoms with Crippen LogP contribution in [0.25, 0.3) is 0 Å². The highest BCUT2D eigenvalue weighted by Crippen LogP contribution is 2.28. The lowest BCUT2D eigenvalue weighted by atomic mass is 9.82. The van der Waals surface area contributed by atoms with Crippen molar-refractivity contribution >= 4 is 11.8 Å². The number of ketones is 1. The lowest BCUT2D eigenvalue weighted by molar-refractivity contribution is -0.149. The molecule has 0 fully saturated rings. The summed E-state index contributed by atoms with van der Waals surface area (Å²) in [6, 6.07) is 0. The van der Waals surface area contributed by atoms with Crippen molar-refractivity contribution in [3.63, 3.8) is 0 Å². The molecular formula is C14H24O4. The SMILES string of the molecule is C=CC[C@](O)(CCCC)CC(C(=O)O)C(=O)CC. The Bertz CT molecular complexity index is 298. The molecule has 4 nitrogen and oxygen atoms in total. The van der Waals surface area contributed by atoms with E-state index in [0.29, 0.717) is 12.8 Å².